The highest BCUT2D eigenvalue weighted by molar-refractivity contribution is 7.89. The lowest BCUT2D eigenvalue weighted by atomic mass is 9.98. The van der Waals surface area contributed by atoms with Gasteiger partial charge in [-0.2, -0.15) is 4.31 Å². The lowest BCUT2D eigenvalue weighted by Gasteiger charge is -2.32. The highest BCUT2D eigenvalue weighted by atomic mass is 32.2. The number of carbonyl (C=O) groups excluding carboxylic acids is 2. The molecular weight excluding hydrogens is 445 g/mol. The van der Waals surface area contributed by atoms with Crippen LogP contribution in [-0.4, -0.2) is 44.2 Å². The van der Waals surface area contributed by atoms with Crippen molar-refractivity contribution in [1.82, 2.24) is 4.31 Å². The molecule has 4 rings (SSSR count). The average molecular weight is 474 g/mol. The molecule has 1 saturated heterocycles. The number of amides is 2. The zero-order chi connectivity index (χ0) is 23.8. The van der Waals surface area contributed by atoms with Crippen LogP contribution < -0.4 is 10.2 Å². The van der Waals surface area contributed by atoms with E-state index in [1.807, 2.05) is 0 Å². The molecule has 2 aliphatic heterocycles. The minimum absolute atomic E-state index is 0.0649. The molecule has 33 heavy (non-hydrogen) atoms. The molecule has 0 unspecified atom stereocenters. The molecule has 0 aromatic heterocycles. The minimum Gasteiger partial charge on any atom is -0.326 e. The standard InChI is InChI=1S/C24H28FN3O4S/c1-16-7-8-20(14-22(16)25)26-24(30)19-6-3-11-27(15-19)33(31,32)21-9-10-23-18(13-21)5-4-12-28(23)17(2)29/h7-10,13-14,19H,3-6,11-12,15H2,1-2H3,(H,26,30)/t19-/m1/s1. The molecule has 0 aliphatic carbocycles. The number of piperidine rings is 1. The number of hydrogen-bond donors (Lipinski definition) is 1. The fourth-order valence-electron chi connectivity index (χ4n) is 4.50. The van der Waals surface area contributed by atoms with Crippen LogP contribution in [0.3, 0.4) is 0 Å². The molecular formula is C24H28FN3O4S. The van der Waals surface area contributed by atoms with E-state index < -0.39 is 21.8 Å². The zero-order valence-corrected chi connectivity index (χ0v) is 19.6. The SMILES string of the molecule is CC(=O)N1CCCc2cc(S(=O)(=O)N3CCC[C@@H](C(=O)Nc4ccc(C)c(F)c4)C3)ccc21. The van der Waals surface area contributed by atoms with Crippen molar-refractivity contribution in [2.75, 3.05) is 29.9 Å². The molecule has 0 bridgehead atoms. The van der Waals surface area contributed by atoms with E-state index >= 15 is 0 Å². The molecule has 0 radical (unpaired) electrons. The van der Waals surface area contributed by atoms with E-state index in [1.54, 1.807) is 36.1 Å². The molecule has 0 spiro atoms. The summed E-state index contributed by atoms with van der Waals surface area (Å²) in [6.45, 7) is 4.18. The molecule has 9 heteroatoms. The first-order chi connectivity index (χ1) is 15.7. The molecule has 1 atom stereocenters. The Morgan fingerprint density at radius 1 is 1.09 bits per heavy atom. The molecule has 2 aromatic carbocycles. The molecule has 2 heterocycles. The number of sulfonamides is 1. The molecule has 1 N–H and O–H groups in total. The summed E-state index contributed by atoms with van der Waals surface area (Å²) in [5, 5.41) is 2.71. The number of nitrogens with zero attached hydrogens (tertiary/aromatic N) is 2. The van der Waals surface area contributed by atoms with Gasteiger partial charge in [0.2, 0.25) is 21.8 Å². The number of rotatable bonds is 4. The highest BCUT2D eigenvalue weighted by Crippen LogP contribution is 2.32. The maximum absolute atomic E-state index is 13.8. The Morgan fingerprint density at radius 2 is 1.88 bits per heavy atom. The first-order valence-corrected chi connectivity index (χ1v) is 12.6. The number of anilines is 2. The molecule has 0 saturated carbocycles. The van der Waals surface area contributed by atoms with Crippen LogP contribution in [0, 0.1) is 18.7 Å². The minimum atomic E-state index is -3.79. The average Bonchev–Trinajstić information content (AvgIpc) is 2.80. The van der Waals surface area contributed by atoms with Crippen LogP contribution in [0.25, 0.3) is 0 Å². The monoisotopic (exact) mass is 473 g/mol. The normalized spacial score (nSPS) is 19.1. The Morgan fingerprint density at radius 3 is 2.61 bits per heavy atom. The van der Waals surface area contributed by atoms with Crippen molar-refractivity contribution >= 4 is 33.2 Å². The summed E-state index contributed by atoms with van der Waals surface area (Å²) in [4.78, 5) is 26.5. The van der Waals surface area contributed by atoms with Crippen molar-refractivity contribution in [3.8, 4) is 0 Å². The van der Waals surface area contributed by atoms with Gasteiger partial charge >= 0.3 is 0 Å². The van der Waals surface area contributed by atoms with Gasteiger partial charge in [0.1, 0.15) is 5.82 Å². The number of fused-ring (bicyclic) bond motifs is 1. The van der Waals surface area contributed by atoms with Crippen LogP contribution in [0.5, 0.6) is 0 Å². The van der Waals surface area contributed by atoms with Gasteiger partial charge < -0.3 is 10.2 Å². The van der Waals surface area contributed by atoms with Gasteiger partial charge in [-0.1, -0.05) is 6.07 Å². The fraction of sp³-hybridized carbons (Fsp3) is 0.417. The summed E-state index contributed by atoms with van der Waals surface area (Å²) in [5.41, 5.74) is 2.44. The maximum atomic E-state index is 13.8. The van der Waals surface area contributed by atoms with Gasteiger partial charge in [-0.15, -0.1) is 0 Å². The fourth-order valence-corrected chi connectivity index (χ4v) is 6.07. The Hall–Kier alpha value is -2.78. The topological polar surface area (TPSA) is 86.8 Å². The predicted octanol–water partition coefficient (Wildman–Crippen LogP) is 3.47. The quantitative estimate of drug-likeness (QED) is 0.737. The van der Waals surface area contributed by atoms with Gasteiger partial charge in [-0.05, 0) is 74.1 Å². The lowest BCUT2D eigenvalue weighted by molar-refractivity contribution is -0.121. The van der Waals surface area contributed by atoms with Crippen LogP contribution >= 0.6 is 0 Å². The molecule has 2 aliphatic rings. The van der Waals surface area contributed by atoms with Gasteiger partial charge in [-0.3, -0.25) is 9.59 Å². The van der Waals surface area contributed by atoms with E-state index in [-0.39, 0.29) is 23.3 Å². The van der Waals surface area contributed by atoms with E-state index in [9.17, 15) is 22.4 Å². The first kappa shape index (κ1) is 23.4. The summed E-state index contributed by atoms with van der Waals surface area (Å²) in [6, 6.07) is 9.37. The Balaban J connectivity index is 1.51. The van der Waals surface area contributed by atoms with E-state index in [0.29, 0.717) is 43.6 Å². The van der Waals surface area contributed by atoms with Crippen molar-refractivity contribution in [2.24, 2.45) is 5.92 Å². The number of aryl methyl sites for hydroxylation is 2. The van der Waals surface area contributed by atoms with E-state index in [2.05, 4.69) is 5.32 Å². The van der Waals surface area contributed by atoms with Crippen LogP contribution in [0.4, 0.5) is 15.8 Å². The molecule has 2 aromatic rings. The van der Waals surface area contributed by atoms with Crippen molar-refractivity contribution < 1.29 is 22.4 Å². The Labute approximate surface area is 193 Å². The predicted molar refractivity (Wildman–Crippen MR) is 124 cm³/mol. The van der Waals surface area contributed by atoms with Crippen molar-refractivity contribution in [2.45, 2.75) is 44.4 Å². The van der Waals surface area contributed by atoms with Crippen LogP contribution in [0.15, 0.2) is 41.3 Å². The van der Waals surface area contributed by atoms with Gasteiger partial charge in [0.15, 0.2) is 0 Å². The molecule has 1 fully saturated rings. The van der Waals surface area contributed by atoms with Crippen molar-refractivity contribution in [3.05, 3.63) is 53.3 Å². The summed E-state index contributed by atoms with van der Waals surface area (Å²) in [5.74, 6) is -1.31. The van der Waals surface area contributed by atoms with Crippen molar-refractivity contribution in [1.29, 1.82) is 0 Å². The third-order valence-corrected chi connectivity index (χ3v) is 8.24. The van der Waals surface area contributed by atoms with E-state index in [1.165, 1.54) is 23.4 Å². The zero-order valence-electron chi connectivity index (χ0n) is 18.8. The number of nitrogens with one attached hydrogen (secondary N) is 1. The van der Waals surface area contributed by atoms with Gasteiger partial charge in [0, 0.05) is 37.9 Å². The Bertz CT molecular complexity index is 1200. The third kappa shape index (κ3) is 4.79. The molecule has 176 valence electrons. The largest absolute Gasteiger partial charge is 0.326 e. The van der Waals surface area contributed by atoms with Crippen LogP contribution in [0.1, 0.15) is 37.3 Å². The highest BCUT2D eigenvalue weighted by Gasteiger charge is 2.34. The van der Waals surface area contributed by atoms with Gasteiger partial charge in [-0.25, -0.2) is 12.8 Å². The van der Waals surface area contributed by atoms with E-state index in [0.717, 1.165) is 17.7 Å². The van der Waals surface area contributed by atoms with Crippen LogP contribution in [0.2, 0.25) is 0 Å². The number of hydrogen-bond acceptors (Lipinski definition) is 4. The summed E-state index contributed by atoms with van der Waals surface area (Å²) < 4.78 is 41.9. The molecule has 2 amide bonds. The first-order valence-electron chi connectivity index (χ1n) is 11.1. The van der Waals surface area contributed by atoms with Crippen molar-refractivity contribution in [3.63, 3.8) is 0 Å². The summed E-state index contributed by atoms with van der Waals surface area (Å²) >= 11 is 0. The van der Waals surface area contributed by atoms with Crippen LogP contribution in [-0.2, 0) is 26.0 Å². The summed E-state index contributed by atoms with van der Waals surface area (Å²) in [7, 11) is -3.79. The second-order valence-corrected chi connectivity index (χ2v) is 10.7. The van der Waals surface area contributed by atoms with Gasteiger partial charge in [0.25, 0.3) is 0 Å². The number of carbonyl (C=O) groups is 2. The maximum Gasteiger partial charge on any atom is 0.243 e. The molecule has 7 nitrogen and oxygen atoms in total. The number of halogens is 1. The second kappa shape index (κ2) is 9.23. The Kier molecular flexibility index (Phi) is 6.54. The van der Waals surface area contributed by atoms with Gasteiger partial charge in [0.05, 0.1) is 10.8 Å². The van der Waals surface area contributed by atoms with E-state index in [4.69, 9.17) is 0 Å². The number of benzene rings is 2. The summed E-state index contributed by atoms with van der Waals surface area (Å²) in [6.07, 6.45) is 2.61. The lowest BCUT2D eigenvalue weighted by Crippen LogP contribution is -2.43. The second-order valence-electron chi connectivity index (χ2n) is 8.72. The smallest absolute Gasteiger partial charge is 0.243 e. The third-order valence-electron chi connectivity index (χ3n) is 6.38.